The fraction of sp³-hybridized carbons (Fsp3) is 0.269. The number of carbonyl (C=O) groups excluding carboxylic acids is 1. The van der Waals surface area contributed by atoms with E-state index in [0.717, 1.165) is 24.2 Å². The Hall–Kier alpha value is -3.47. The Balaban J connectivity index is 1.35. The zero-order valence-corrected chi connectivity index (χ0v) is 22.3. The van der Waals surface area contributed by atoms with Crippen LogP contribution >= 0.6 is 34.5 Å². The highest BCUT2D eigenvalue weighted by Crippen LogP contribution is 2.46. The second-order valence-electron chi connectivity index (χ2n) is 8.57. The maximum atomic E-state index is 12.6. The van der Waals surface area contributed by atoms with E-state index in [-0.39, 0.29) is 27.6 Å². The predicted octanol–water partition coefficient (Wildman–Crippen LogP) is 6.21. The topological polar surface area (TPSA) is 125 Å². The molecule has 4 rings (SSSR count). The largest absolute Gasteiger partial charge is 0.493 e. The Morgan fingerprint density at radius 3 is 2.45 bits per heavy atom. The molecule has 1 fully saturated rings. The van der Waals surface area contributed by atoms with Crippen LogP contribution in [0.3, 0.4) is 0 Å². The zero-order valence-electron chi connectivity index (χ0n) is 20.0. The molecule has 0 aliphatic carbocycles. The lowest BCUT2D eigenvalue weighted by molar-refractivity contribution is -0.139. The quantitative estimate of drug-likeness (QED) is 0.275. The number of rotatable bonds is 9. The van der Waals surface area contributed by atoms with Gasteiger partial charge in [-0.05, 0) is 48.6 Å². The fourth-order valence-corrected chi connectivity index (χ4v) is 5.57. The number of nitrogens with one attached hydrogen (secondary N) is 1. The first-order valence-electron chi connectivity index (χ1n) is 11.7. The van der Waals surface area contributed by atoms with Crippen molar-refractivity contribution in [2.45, 2.75) is 12.8 Å². The summed E-state index contributed by atoms with van der Waals surface area (Å²) in [5.41, 5.74) is 1.20. The maximum absolute atomic E-state index is 12.6. The minimum atomic E-state index is -1.26. The van der Waals surface area contributed by atoms with Crippen molar-refractivity contribution in [2.24, 2.45) is 5.92 Å². The normalized spacial score (nSPS) is 13.7. The lowest BCUT2D eigenvalue weighted by atomic mass is 9.98. The predicted molar refractivity (Wildman–Crippen MR) is 145 cm³/mol. The molecule has 0 radical (unpaired) electrons. The van der Waals surface area contributed by atoms with E-state index in [1.165, 1.54) is 0 Å². The van der Waals surface area contributed by atoms with Crippen LogP contribution in [0.1, 0.15) is 22.5 Å². The summed E-state index contributed by atoms with van der Waals surface area (Å²) in [5, 5.41) is 21.7. The van der Waals surface area contributed by atoms with Crippen LogP contribution in [0.2, 0.25) is 10.0 Å². The minimum Gasteiger partial charge on any atom is -0.493 e. The van der Waals surface area contributed by atoms with E-state index < -0.39 is 18.5 Å². The summed E-state index contributed by atoms with van der Waals surface area (Å²) in [7, 11) is 0. The molecule has 0 bridgehead atoms. The molecule has 0 unspecified atom stereocenters. The van der Waals surface area contributed by atoms with E-state index in [4.69, 9.17) is 37.8 Å². The number of aromatic carboxylic acids is 1. The summed E-state index contributed by atoms with van der Waals surface area (Å²) >= 11 is 13.4. The maximum Gasteiger partial charge on any atom is 0.349 e. The lowest BCUT2D eigenvalue weighted by Crippen LogP contribution is -2.42. The summed E-state index contributed by atoms with van der Waals surface area (Å²) in [6.07, 6.45) is 1.55. The van der Waals surface area contributed by atoms with E-state index in [1.807, 2.05) is 6.07 Å². The van der Waals surface area contributed by atoms with Gasteiger partial charge < -0.3 is 29.9 Å². The first kappa shape index (κ1) is 27.6. The highest BCUT2D eigenvalue weighted by Gasteiger charge is 2.26. The fourth-order valence-electron chi connectivity index (χ4n) is 3.99. The Morgan fingerprint density at radius 2 is 1.76 bits per heavy atom. The molecule has 0 saturated carbocycles. The molecule has 3 aromatic rings. The summed E-state index contributed by atoms with van der Waals surface area (Å²) in [6, 6.07) is 14.0. The van der Waals surface area contributed by atoms with E-state index >= 15 is 0 Å². The lowest BCUT2D eigenvalue weighted by Gasteiger charge is -2.32. The van der Waals surface area contributed by atoms with Crippen LogP contribution in [0.25, 0.3) is 10.4 Å². The Bertz CT molecular complexity index is 1340. The smallest absolute Gasteiger partial charge is 0.349 e. The van der Waals surface area contributed by atoms with Crippen LogP contribution in [0, 0.1) is 5.92 Å². The van der Waals surface area contributed by atoms with Gasteiger partial charge in [0.05, 0.1) is 22.2 Å². The van der Waals surface area contributed by atoms with Crippen molar-refractivity contribution in [3.05, 3.63) is 63.5 Å². The summed E-state index contributed by atoms with van der Waals surface area (Å²) < 4.78 is 11.2. The molecule has 9 nitrogen and oxygen atoms in total. The molecule has 1 aliphatic heterocycles. The Kier molecular flexibility index (Phi) is 8.98. The average Bonchev–Trinajstić information content (AvgIpc) is 3.24. The summed E-state index contributed by atoms with van der Waals surface area (Å²) in [4.78, 5) is 37.1. The molecule has 200 valence electrons. The number of hydrogen-bond donors (Lipinski definition) is 3. The third-order valence-electron chi connectivity index (χ3n) is 5.94. The van der Waals surface area contributed by atoms with Crippen LogP contribution in [0.5, 0.6) is 11.5 Å². The number of aliphatic carboxylic acids is 1. The number of benzene rings is 2. The number of halogens is 2. The number of anilines is 1. The number of piperidine rings is 1. The molecular weight excluding hydrogens is 555 g/mol. The number of ether oxygens (including phenoxy) is 2. The molecule has 2 aromatic carbocycles. The Morgan fingerprint density at radius 1 is 1.03 bits per heavy atom. The molecule has 12 heteroatoms. The number of hydrogen-bond acceptors (Lipinski definition) is 6. The SMILES string of the molecule is O=C(O)COc1c(C(=O)O)sc(-c2cccc(OCC3CCN(C(=O)Nc4ccccc4Cl)CC3)c2)c1Cl. The molecule has 38 heavy (non-hydrogen) atoms. The third-order valence-corrected chi connectivity index (χ3v) is 7.95. The standard InChI is InChI=1S/C26H24Cl2N2O7S/c27-18-6-1-2-7-19(18)29-26(35)30-10-8-15(9-11-30)13-36-17-5-3-4-16(12-17)23-21(28)22(37-14-20(31)32)24(38-23)25(33)34/h1-7,12,15H,8-11,13-14H2,(H,29,35)(H,31,32)(H,33,34). The number of thiophene rings is 1. The first-order chi connectivity index (χ1) is 18.2. The van der Waals surface area contributed by atoms with Gasteiger partial charge in [0, 0.05) is 13.1 Å². The molecule has 1 aromatic heterocycles. The zero-order chi connectivity index (χ0) is 27.2. The molecule has 0 atom stereocenters. The van der Waals surface area contributed by atoms with Gasteiger partial charge in [0.2, 0.25) is 0 Å². The highest BCUT2D eigenvalue weighted by molar-refractivity contribution is 7.18. The van der Waals surface area contributed by atoms with Crippen molar-refractivity contribution < 1.29 is 34.1 Å². The number of carboxylic acids is 2. The molecule has 1 aliphatic rings. The number of para-hydroxylation sites is 1. The molecule has 3 N–H and O–H groups in total. The van der Waals surface area contributed by atoms with Crippen LogP contribution in [-0.2, 0) is 4.79 Å². The third kappa shape index (κ3) is 6.69. The molecule has 2 amide bonds. The molecule has 0 spiro atoms. The molecule has 2 heterocycles. The number of amides is 2. The van der Waals surface area contributed by atoms with E-state index in [0.29, 0.717) is 46.6 Å². The van der Waals surface area contributed by atoms with Crippen LogP contribution in [0.4, 0.5) is 10.5 Å². The van der Waals surface area contributed by atoms with Crippen molar-refractivity contribution in [3.63, 3.8) is 0 Å². The van der Waals surface area contributed by atoms with Crippen molar-refractivity contribution in [3.8, 4) is 21.9 Å². The van der Waals surface area contributed by atoms with Gasteiger partial charge in [-0.3, -0.25) is 0 Å². The van der Waals surface area contributed by atoms with Crippen molar-refractivity contribution in [1.82, 2.24) is 4.90 Å². The van der Waals surface area contributed by atoms with Crippen molar-refractivity contribution in [1.29, 1.82) is 0 Å². The van der Waals surface area contributed by atoms with Crippen molar-refractivity contribution in [2.75, 3.05) is 31.6 Å². The van der Waals surface area contributed by atoms with Gasteiger partial charge in [-0.2, -0.15) is 0 Å². The van der Waals surface area contributed by atoms with Gasteiger partial charge in [0.25, 0.3) is 0 Å². The van der Waals surface area contributed by atoms with Gasteiger partial charge in [-0.15, -0.1) is 11.3 Å². The second-order valence-corrected chi connectivity index (χ2v) is 10.4. The van der Waals surface area contributed by atoms with Gasteiger partial charge in [0.1, 0.15) is 10.8 Å². The van der Waals surface area contributed by atoms with Crippen LogP contribution in [-0.4, -0.2) is 59.4 Å². The first-order valence-corrected chi connectivity index (χ1v) is 13.2. The van der Waals surface area contributed by atoms with Gasteiger partial charge >= 0.3 is 18.0 Å². The van der Waals surface area contributed by atoms with E-state index in [1.54, 1.807) is 47.4 Å². The van der Waals surface area contributed by atoms with Gasteiger partial charge in [0.15, 0.2) is 17.2 Å². The van der Waals surface area contributed by atoms with E-state index in [2.05, 4.69) is 5.32 Å². The highest BCUT2D eigenvalue weighted by atomic mass is 35.5. The van der Waals surface area contributed by atoms with Crippen molar-refractivity contribution >= 4 is 58.2 Å². The van der Waals surface area contributed by atoms with Gasteiger partial charge in [-0.1, -0.05) is 47.5 Å². The molecular formula is C26H24Cl2N2O7S. The number of urea groups is 1. The van der Waals surface area contributed by atoms with Crippen LogP contribution < -0.4 is 14.8 Å². The average molecular weight is 579 g/mol. The Labute approximate surface area is 232 Å². The summed E-state index contributed by atoms with van der Waals surface area (Å²) in [6.45, 7) is 0.924. The monoisotopic (exact) mass is 578 g/mol. The summed E-state index contributed by atoms with van der Waals surface area (Å²) in [5.74, 6) is -1.84. The van der Waals surface area contributed by atoms with Crippen LogP contribution in [0.15, 0.2) is 48.5 Å². The number of carboxylic acid groups (broad SMARTS) is 2. The number of carbonyl (C=O) groups is 3. The van der Waals surface area contributed by atoms with Gasteiger partial charge in [-0.25, -0.2) is 14.4 Å². The second kappa shape index (κ2) is 12.4. The number of nitrogens with zero attached hydrogens (tertiary/aromatic N) is 1. The number of likely N-dealkylation sites (tertiary alicyclic amines) is 1. The van der Waals surface area contributed by atoms with E-state index in [9.17, 15) is 19.5 Å². The minimum absolute atomic E-state index is 0.0354. The molecule has 1 saturated heterocycles.